The normalized spacial score (nSPS) is 25.4. The molecule has 0 spiro atoms. The maximum Gasteiger partial charge on any atom is 0.139 e. The summed E-state index contributed by atoms with van der Waals surface area (Å²) in [6.07, 6.45) is 6.16. The van der Waals surface area contributed by atoms with Crippen molar-refractivity contribution in [3.8, 4) is 0 Å². The summed E-state index contributed by atoms with van der Waals surface area (Å²) in [7, 11) is 0. The third-order valence-corrected chi connectivity index (χ3v) is 2.02. The van der Waals surface area contributed by atoms with E-state index in [0.717, 1.165) is 32.0 Å². The Balaban J connectivity index is 0.000000810. The third-order valence-electron chi connectivity index (χ3n) is 2.02. The fourth-order valence-corrected chi connectivity index (χ4v) is 1.33. The third kappa shape index (κ3) is 1.52. The van der Waals surface area contributed by atoms with Gasteiger partial charge in [0.2, 0.25) is 0 Å². The summed E-state index contributed by atoms with van der Waals surface area (Å²) >= 11 is 0. The van der Waals surface area contributed by atoms with Crippen molar-refractivity contribution in [1.29, 1.82) is 0 Å². The van der Waals surface area contributed by atoms with E-state index >= 15 is 0 Å². The van der Waals surface area contributed by atoms with Gasteiger partial charge in [-0.05, 0) is 12.8 Å². The Hall–Kier alpha value is -0.370. The van der Waals surface area contributed by atoms with Gasteiger partial charge in [-0.15, -0.1) is 0 Å². The number of aldehydes is 1. The molecule has 1 aliphatic rings. The maximum absolute atomic E-state index is 10.4. The molecule has 1 aliphatic carbocycles. The van der Waals surface area contributed by atoms with Crippen LogP contribution in [0.25, 0.3) is 0 Å². The lowest BCUT2D eigenvalue weighted by molar-refractivity contribution is -0.113. The van der Waals surface area contributed by atoms with Gasteiger partial charge in [0, 0.05) is 1.43 Å². The topological polar surface area (TPSA) is 43.1 Å². The lowest BCUT2D eigenvalue weighted by Gasteiger charge is -2.26. The van der Waals surface area contributed by atoms with Crippen LogP contribution in [0.5, 0.6) is 0 Å². The van der Waals surface area contributed by atoms with Crippen molar-refractivity contribution in [2.75, 3.05) is 0 Å². The fraction of sp³-hybridized carbons (Fsp3) is 0.857. The molecule has 1 saturated carbocycles. The SMILES string of the molecule is NC1(C=O)CCCCC1.[HH]. The molecule has 2 N–H and O–H groups in total. The van der Waals surface area contributed by atoms with Crippen LogP contribution in [0.2, 0.25) is 0 Å². The average molecular weight is 129 g/mol. The Morgan fingerprint density at radius 2 is 1.89 bits per heavy atom. The minimum Gasteiger partial charge on any atom is -0.319 e. The minimum absolute atomic E-state index is 0. The Labute approximate surface area is 56.9 Å². The van der Waals surface area contributed by atoms with Crippen LogP contribution < -0.4 is 5.73 Å². The Morgan fingerprint density at radius 1 is 1.33 bits per heavy atom. The van der Waals surface area contributed by atoms with Crippen LogP contribution in [0.15, 0.2) is 0 Å². The van der Waals surface area contributed by atoms with Crippen molar-refractivity contribution in [1.82, 2.24) is 0 Å². The summed E-state index contributed by atoms with van der Waals surface area (Å²) < 4.78 is 0. The van der Waals surface area contributed by atoms with Crippen LogP contribution in [-0.4, -0.2) is 11.8 Å². The van der Waals surface area contributed by atoms with Crippen LogP contribution >= 0.6 is 0 Å². The molecule has 0 radical (unpaired) electrons. The zero-order valence-electron chi connectivity index (χ0n) is 5.60. The molecular formula is C7H15NO. The van der Waals surface area contributed by atoms with Crippen LogP contribution in [0.3, 0.4) is 0 Å². The number of carbonyl (C=O) groups is 1. The molecule has 2 heteroatoms. The first-order valence-corrected chi connectivity index (χ1v) is 3.52. The summed E-state index contributed by atoms with van der Waals surface area (Å²) in [5.41, 5.74) is 5.23. The number of rotatable bonds is 1. The highest BCUT2D eigenvalue weighted by atomic mass is 16.1. The van der Waals surface area contributed by atoms with Crippen LogP contribution in [0.1, 0.15) is 33.5 Å². The van der Waals surface area contributed by atoms with Gasteiger partial charge in [0.05, 0.1) is 5.54 Å². The van der Waals surface area contributed by atoms with Crippen molar-refractivity contribution in [3.63, 3.8) is 0 Å². The van der Waals surface area contributed by atoms with E-state index in [2.05, 4.69) is 0 Å². The Kier molecular flexibility index (Phi) is 1.86. The van der Waals surface area contributed by atoms with Gasteiger partial charge in [-0.2, -0.15) is 0 Å². The molecule has 1 fully saturated rings. The molecule has 0 aromatic heterocycles. The molecule has 0 unspecified atom stereocenters. The molecule has 0 saturated heterocycles. The van der Waals surface area contributed by atoms with Gasteiger partial charge < -0.3 is 10.5 Å². The zero-order valence-corrected chi connectivity index (χ0v) is 5.60. The van der Waals surface area contributed by atoms with Crippen LogP contribution in [0.4, 0.5) is 0 Å². The van der Waals surface area contributed by atoms with E-state index in [1.54, 1.807) is 0 Å². The van der Waals surface area contributed by atoms with E-state index in [1.807, 2.05) is 0 Å². The second kappa shape index (κ2) is 2.48. The minimum atomic E-state index is -0.460. The lowest BCUT2D eigenvalue weighted by Crippen LogP contribution is -2.43. The van der Waals surface area contributed by atoms with Gasteiger partial charge in [0.25, 0.3) is 0 Å². The fourth-order valence-electron chi connectivity index (χ4n) is 1.33. The number of carbonyl (C=O) groups excluding carboxylic acids is 1. The largest absolute Gasteiger partial charge is 0.319 e. The van der Waals surface area contributed by atoms with E-state index in [4.69, 9.17) is 5.73 Å². The van der Waals surface area contributed by atoms with E-state index in [9.17, 15) is 4.79 Å². The molecule has 9 heavy (non-hydrogen) atoms. The number of nitrogens with two attached hydrogens (primary N) is 1. The molecule has 0 bridgehead atoms. The van der Waals surface area contributed by atoms with Crippen molar-refractivity contribution in [3.05, 3.63) is 0 Å². The first-order valence-electron chi connectivity index (χ1n) is 3.52. The lowest BCUT2D eigenvalue weighted by atomic mass is 9.84. The van der Waals surface area contributed by atoms with Gasteiger partial charge in [-0.3, -0.25) is 0 Å². The van der Waals surface area contributed by atoms with Gasteiger partial charge in [0.1, 0.15) is 6.29 Å². The number of hydrogen-bond acceptors (Lipinski definition) is 2. The maximum atomic E-state index is 10.4. The Bertz CT molecular complexity index is 110. The van der Waals surface area contributed by atoms with Crippen LogP contribution in [-0.2, 0) is 4.79 Å². The quantitative estimate of drug-likeness (QED) is 0.538. The smallest absolute Gasteiger partial charge is 0.139 e. The standard InChI is InChI=1S/C7H13NO.H2/c8-7(6-9)4-2-1-3-5-7;/h6H,1-5,8H2;1H. The van der Waals surface area contributed by atoms with E-state index in [-0.39, 0.29) is 1.43 Å². The van der Waals surface area contributed by atoms with E-state index in [0.29, 0.717) is 0 Å². The van der Waals surface area contributed by atoms with Crippen molar-refractivity contribution in [2.45, 2.75) is 37.6 Å². The molecular weight excluding hydrogens is 114 g/mol. The van der Waals surface area contributed by atoms with Crippen molar-refractivity contribution < 1.29 is 6.22 Å². The predicted octanol–water partition coefficient (Wildman–Crippen LogP) is 1.09. The molecule has 1 rings (SSSR count). The average Bonchev–Trinajstić information content (AvgIpc) is 1.90. The summed E-state index contributed by atoms with van der Waals surface area (Å²) in [5.74, 6) is 0. The van der Waals surface area contributed by atoms with Crippen molar-refractivity contribution >= 4 is 6.29 Å². The molecule has 0 atom stereocenters. The highest BCUT2D eigenvalue weighted by molar-refractivity contribution is 5.63. The highest BCUT2D eigenvalue weighted by Gasteiger charge is 2.25. The van der Waals surface area contributed by atoms with Gasteiger partial charge in [-0.25, -0.2) is 0 Å². The molecule has 0 aliphatic heterocycles. The summed E-state index contributed by atoms with van der Waals surface area (Å²) in [6, 6.07) is 0. The van der Waals surface area contributed by atoms with E-state index < -0.39 is 5.54 Å². The van der Waals surface area contributed by atoms with E-state index in [1.165, 1.54) is 6.42 Å². The number of hydrogen-bond donors (Lipinski definition) is 1. The van der Waals surface area contributed by atoms with Gasteiger partial charge in [-0.1, -0.05) is 19.3 Å². The van der Waals surface area contributed by atoms with Gasteiger partial charge >= 0.3 is 0 Å². The predicted molar refractivity (Wildman–Crippen MR) is 38.2 cm³/mol. The first-order chi connectivity index (χ1) is 4.27. The second-order valence-corrected chi connectivity index (χ2v) is 2.91. The first kappa shape index (κ1) is 6.75. The molecule has 0 aromatic rings. The second-order valence-electron chi connectivity index (χ2n) is 2.91. The molecule has 0 aromatic carbocycles. The monoisotopic (exact) mass is 129 g/mol. The molecule has 2 nitrogen and oxygen atoms in total. The summed E-state index contributed by atoms with van der Waals surface area (Å²) in [5, 5.41) is 0. The van der Waals surface area contributed by atoms with Crippen LogP contribution in [0, 0.1) is 0 Å². The molecule has 0 amide bonds. The van der Waals surface area contributed by atoms with Crippen molar-refractivity contribution in [2.24, 2.45) is 5.73 Å². The molecule has 0 heterocycles. The summed E-state index contributed by atoms with van der Waals surface area (Å²) in [4.78, 5) is 10.4. The van der Waals surface area contributed by atoms with Gasteiger partial charge in [0.15, 0.2) is 0 Å². The highest BCUT2D eigenvalue weighted by Crippen LogP contribution is 2.23. The molecule has 54 valence electrons. The summed E-state index contributed by atoms with van der Waals surface area (Å²) in [6.45, 7) is 0. The Morgan fingerprint density at radius 3 is 2.22 bits per heavy atom. The zero-order chi connectivity index (χ0) is 6.74.